The van der Waals surface area contributed by atoms with Crippen LogP contribution in [0.5, 0.6) is 11.5 Å². The zero-order valence-electron chi connectivity index (χ0n) is 15.9. The summed E-state index contributed by atoms with van der Waals surface area (Å²) in [5.74, 6) is 1.23. The summed E-state index contributed by atoms with van der Waals surface area (Å²) in [4.78, 5) is 0.0429. The van der Waals surface area contributed by atoms with Crippen molar-refractivity contribution in [2.75, 3.05) is 27.3 Å². The Kier molecular flexibility index (Phi) is 5.73. The molecule has 0 saturated carbocycles. The molecule has 1 aliphatic heterocycles. The van der Waals surface area contributed by atoms with Crippen LogP contribution in [-0.2, 0) is 21.4 Å². The summed E-state index contributed by atoms with van der Waals surface area (Å²) in [5.41, 5.74) is 1.69. The van der Waals surface area contributed by atoms with Gasteiger partial charge in [-0.1, -0.05) is 11.2 Å². The van der Waals surface area contributed by atoms with Gasteiger partial charge < -0.3 is 18.7 Å². The molecule has 1 unspecified atom stereocenters. The molecule has 27 heavy (non-hydrogen) atoms. The van der Waals surface area contributed by atoms with Gasteiger partial charge >= 0.3 is 0 Å². The van der Waals surface area contributed by atoms with Crippen LogP contribution >= 0.6 is 0 Å². The lowest BCUT2D eigenvalue weighted by atomic mass is 10.2. The summed E-state index contributed by atoms with van der Waals surface area (Å²) < 4.78 is 49.3. The lowest BCUT2D eigenvalue weighted by Gasteiger charge is -2.20. The van der Waals surface area contributed by atoms with Gasteiger partial charge in [0.25, 0.3) is 10.0 Å². The Morgan fingerprint density at radius 1 is 1.22 bits per heavy atom. The normalized spacial score (nSPS) is 18.0. The molecule has 1 fully saturated rings. The van der Waals surface area contributed by atoms with Gasteiger partial charge in [-0.2, -0.15) is 4.31 Å². The van der Waals surface area contributed by atoms with E-state index in [9.17, 15) is 8.42 Å². The topological polar surface area (TPSA) is 91.1 Å². The summed E-state index contributed by atoms with van der Waals surface area (Å²) in [6.07, 6.45) is 0.411. The molecule has 9 heteroatoms. The molecule has 0 N–H and O–H groups in total. The third-order valence-corrected chi connectivity index (χ3v) is 6.66. The van der Waals surface area contributed by atoms with Crippen molar-refractivity contribution in [2.24, 2.45) is 0 Å². The van der Waals surface area contributed by atoms with Crippen molar-refractivity contribution in [1.29, 1.82) is 0 Å². The number of hydrogen-bond acceptors (Lipinski definition) is 7. The van der Waals surface area contributed by atoms with E-state index >= 15 is 0 Å². The fourth-order valence-electron chi connectivity index (χ4n) is 3.16. The van der Waals surface area contributed by atoms with E-state index in [1.54, 1.807) is 18.2 Å². The molecule has 1 aliphatic rings. The van der Waals surface area contributed by atoms with Crippen LogP contribution in [0.1, 0.15) is 23.4 Å². The van der Waals surface area contributed by atoms with E-state index < -0.39 is 10.0 Å². The first-order chi connectivity index (χ1) is 12.9. The zero-order valence-corrected chi connectivity index (χ0v) is 16.7. The van der Waals surface area contributed by atoms with Crippen molar-refractivity contribution in [3.05, 3.63) is 35.2 Å². The van der Waals surface area contributed by atoms with Gasteiger partial charge in [-0.05, 0) is 32.4 Å². The number of aryl methyl sites for hydroxylation is 2. The molecule has 2 heterocycles. The highest BCUT2D eigenvalue weighted by atomic mass is 32.2. The summed E-state index contributed by atoms with van der Waals surface area (Å²) >= 11 is 0. The Balaban J connectivity index is 1.75. The van der Waals surface area contributed by atoms with Crippen LogP contribution in [0.25, 0.3) is 0 Å². The summed E-state index contributed by atoms with van der Waals surface area (Å²) in [5, 5.41) is 3.90. The minimum atomic E-state index is -3.77. The molecule has 3 rings (SSSR count). The first-order valence-corrected chi connectivity index (χ1v) is 10.1. The predicted octanol–water partition coefficient (Wildman–Crippen LogP) is 2.29. The van der Waals surface area contributed by atoms with Gasteiger partial charge in [0.2, 0.25) is 0 Å². The molecule has 2 aromatic rings. The quantitative estimate of drug-likeness (QED) is 0.709. The standard InChI is InChI=1S/C18H24N2O6S/c1-12-15(13(2)26-19-12)11-25-14-8-9-20(10-14)27(21,22)18-16(23-3)6-5-7-17(18)24-4/h5-7,14H,8-11H2,1-4H3. The summed E-state index contributed by atoms with van der Waals surface area (Å²) in [7, 11) is -0.897. The average molecular weight is 396 g/mol. The molecule has 1 aromatic carbocycles. The van der Waals surface area contributed by atoms with Crippen molar-refractivity contribution < 1.29 is 27.2 Å². The van der Waals surface area contributed by atoms with Gasteiger partial charge in [-0.15, -0.1) is 0 Å². The maximum Gasteiger partial charge on any atom is 0.250 e. The molecule has 0 amide bonds. The van der Waals surface area contributed by atoms with Crippen LogP contribution < -0.4 is 9.47 Å². The maximum absolute atomic E-state index is 13.2. The highest BCUT2D eigenvalue weighted by Gasteiger charge is 2.37. The molecule has 0 radical (unpaired) electrons. The minimum absolute atomic E-state index is 0.0429. The monoisotopic (exact) mass is 396 g/mol. The van der Waals surface area contributed by atoms with E-state index in [2.05, 4.69) is 5.16 Å². The molecule has 1 saturated heterocycles. The number of methoxy groups -OCH3 is 2. The molecule has 0 aliphatic carbocycles. The van der Waals surface area contributed by atoms with E-state index in [4.69, 9.17) is 18.7 Å². The van der Waals surface area contributed by atoms with Gasteiger partial charge in [0.15, 0.2) is 4.90 Å². The second-order valence-electron chi connectivity index (χ2n) is 6.38. The zero-order chi connectivity index (χ0) is 19.6. The van der Waals surface area contributed by atoms with Gasteiger partial charge in [0.05, 0.1) is 32.6 Å². The fraction of sp³-hybridized carbons (Fsp3) is 0.500. The number of ether oxygens (including phenoxy) is 3. The number of aromatic nitrogens is 1. The van der Waals surface area contributed by atoms with Crippen LogP contribution in [-0.4, -0.2) is 51.3 Å². The van der Waals surface area contributed by atoms with Crippen molar-refractivity contribution >= 4 is 10.0 Å². The smallest absolute Gasteiger partial charge is 0.250 e. The van der Waals surface area contributed by atoms with E-state index in [0.717, 1.165) is 11.3 Å². The van der Waals surface area contributed by atoms with Crippen molar-refractivity contribution in [3.63, 3.8) is 0 Å². The molecular weight excluding hydrogens is 372 g/mol. The number of nitrogens with zero attached hydrogens (tertiary/aromatic N) is 2. The summed E-state index contributed by atoms with van der Waals surface area (Å²) in [6, 6.07) is 4.91. The van der Waals surface area contributed by atoms with E-state index in [1.165, 1.54) is 18.5 Å². The number of rotatable bonds is 7. The SMILES string of the molecule is COc1cccc(OC)c1S(=O)(=O)N1CCC(OCc2c(C)noc2C)C1. The Labute approximate surface area is 159 Å². The molecule has 1 aromatic heterocycles. The molecular formula is C18H24N2O6S. The number of benzene rings is 1. The Bertz CT molecular complexity index is 867. The predicted molar refractivity (Wildman–Crippen MR) is 97.5 cm³/mol. The van der Waals surface area contributed by atoms with Crippen LogP contribution in [0.3, 0.4) is 0 Å². The third-order valence-electron chi connectivity index (χ3n) is 4.73. The van der Waals surface area contributed by atoms with Crippen LogP contribution in [0.15, 0.2) is 27.6 Å². The lowest BCUT2D eigenvalue weighted by Crippen LogP contribution is -2.31. The van der Waals surface area contributed by atoms with Gasteiger partial charge in [0, 0.05) is 18.7 Å². The van der Waals surface area contributed by atoms with E-state index in [1.807, 2.05) is 13.8 Å². The molecule has 0 spiro atoms. The first-order valence-electron chi connectivity index (χ1n) is 8.63. The highest BCUT2D eigenvalue weighted by molar-refractivity contribution is 7.89. The Hall–Kier alpha value is -2.10. The van der Waals surface area contributed by atoms with Crippen molar-refractivity contribution in [3.8, 4) is 11.5 Å². The number of hydrogen-bond donors (Lipinski definition) is 0. The molecule has 1 atom stereocenters. The van der Waals surface area contributed by atoms with Gasteiger partial charge in [0.1, 0.15) is 17.3 Å². The van der Waals surface area contributed by atoms with Crippen molar-refractivity contribution in [2.45, 2.75) is 37.9 Å². The van der Waals surface area contributed by atoms with E-state index in [-0.39, 0.29) is 29.0 Å². The molecule has 148 valence electrons. The summed E-state index contributed by atoms with van der Waals surface area (Å²) in [6.45, 7) is 4.67. The lowest BCUT2D eigenvalue weighted by molar-refractivity contribution is 0.0500. The van der Waals surface area contributed by atoms with Gasteiger partial charge in [-0.25, -0.2) is 8.42 Å². The largest absolute Gasteiger partial charge is 0.495 e. The van der Waals surface area contributed by atoms with Crippen LogP contribution in [0.4, 0.5) is 0 Å². The number of sulfonamides is 1. The molecule has 8 nitrogen and oxygen atoms in total. The Morgan fingerprint density at radius 2 is 1.89 bits per heavy atom. The third kappa shape index (κ3) is 3.80. The van der Waals surface area contributed by atoms with Gasteiger partial charge in [-0.3, -0.25) is 0 Å². The minimum Gasteiger partial charge on any atom is -0.495 e. The maximum atomic E-state index is 13.2. The van der Waals surface area contributed by atoms with Crippen molar-refractivity contribution in [1.82, 2.24) is 9.46 Å². The Morgan fingerprint density at radius 3 is 2.44 bits per heavy atom. The highest BCUT2D eigenvalue weighted by Crippen LogP contribution is 2.36. The second-order valence-corrected chi connectivity index (χ2v) is 8.25. The first kappa shape index (κ1) is 19.7. The average Bonchev–Trinajstić information content (AvgIpc) is 3.26. The fourth-order valence-corrected chi connectivity index (χ4v) is 4.94. The second kappa shape index (κ2) is 7.87. The van der Waals surface area contributed by atoms with Crippen LogP contribution in [0.2, 0.25) is 0 Å². The van der Waals surface area contributed by atoms with Crippen LogP contribution in [0, 0.1) is 13.8 Å². The molecule has 0 bridgehead atoms. The van der Waals surface area contributed by atoms with E-state index in [0.29, 0.717) is 25.3 Å².